The molecule has 1 aliphatic heterocycles. The summed E-state index contributed by atoms with van der Waals surface area (Å²) in [6.07, 6.45) is 2.31. The standard InChI is InChI=1S/C22H24F3NO3S/c1-2-28-21(27)14-18-7-5-13-26(18)17-9-11-19(12-10-17)29-15-16-6-3-4-8-20(16)30-22(23,24)25/h3-4,6,8-12,18H,2,5,7,13-15H2,1H3/t18-/m0/s1. The van der Waals surface area contributed by atoms with Crippen LogP contribution in [0.1, 0.15) is 31.7 Å². The molecule has 0 bridgehead atoms. The van der Waals surface area contributed by atoms with Gasteiger partial charge in [-0.2, -0.15) is 13.2 Å². The van der Waals surface area contributed by atoms with Crippen molar-refractivity contribution in [3.8, 4) is 5.75 Å². The summed E-state index contributed by atoms with van der Waals surface area (Å²) in [6, 6.07) is 13.9. The van der Waals surface area contributed by atoms with E-state index in [9.17, 15) is 18.0 Å². The van der Waals surface area contributed by atoms with E-state index in [4.69, 9.17) is 9.47 Å². The Kier molecular flexibility index (Phi) is 7.53. The number of halogens is 3. The number of ether oxygens (including phenoxy) is 2. The predicted molar refractivity (Wildman–Crippen MR) is 111 cm³/mol. The highest BCUT2D eigenvalue weighted by Gasteiger charge is 2.30. The zero-order chi connectivity index (χ0) is 21.6. The van der Waals surface area contributed by atoms with E-state index >= 15 is 0 Å². The van der Waals surface area contributed by atoms with Crippen molar-refractivity contribution >= 4 is 23.4 Å². The maximum Gasteiger partial charge on any atom is 0.446 e. The molecule has 1 atom stereocenters. The van der Waals surface area contributed by atoms with Gasteiger partial charge in [-0.1, -0.05) is 18.2 Å². The highest BCUT2D eigenvalue weighted by molar-refractivity contribution is 8.00. The molecular weight excluding hydrogens is 415 g/mol. The zero-order valence-corrected chi connectivity index (χ0v) is 17.5. The molecule has 0 aliphatic carbocycles. The topological polar surface area (TPSA) is 38.8 Å². The number of hydrogen-bond donors (Lipinski definition) is 0. The molecule has 4 nitrogen and oxygen atoms in total. The molecular formula is C22H24F3NO3S. The van der Waals surface area contributed by atoms with Gasteiger partial charge in [0.25, 0.3) is 0 Å². The van der Waals surface area contributed by atoms with Gasteiger partial charge in [0.2, 0.25) is 0 Å². The van der Waals surface area contributed by atoms with Crippen LogP contribution in [0.2, 0.25) is 0 Å². The first-order valence-corrected chi connectivity index (χ1v) is 10.7. The van der Waals surface area contributed by atoms with E-state index in [1.165, 1.54) is 6.07 Å². The lowest BCUT2D eigenvalue weighted by Crippen LogP contribution is -2.31. The molecule has 0 radical (unpaired) electrons. The molecule has 0 N–H and O–H groups in total. The van der Waals surface area contributed by atoms with Gasteiger partial charge in [0, 0.05) is 28.7 Å². The van der Waals surface area contributed by atoms with Crippen LogP contribution in [0.25, 0.3) is 0 Å². The zero-order valence-electron chi connectivity index (χ0n) is 16.7. The van der Waals surface area contributed by atoms with Crippen LogP contribution >= 0.6 is 11.8 Å². The molecule has 0 aromatic heterocycles. The minimum absolute atomic E-state index is 0.0494. The molecule has 0 saturated carbocycles. The van der Waals surface area contributed by atoms with Gasteiger partial charge in [0.1, 0.15) is 12.4 Å². The fourth-order valence-corrected chi connectivity index (χ4v) is 4.20. The second-order valence-electron chi connectivity index (χ2n) is 6.94. The lowest BCUT2D eigenvalue weighted by atomic mass is 10.1. The summed E-state index contributed by atoms with van der Waals surface area (Å²) in [5.74, 6) is 0.386. The van der Waals surface area contributed by atoms with Crippen LogP contribution in [-0.2, 0) is 16.1 Å². The van der Waals surface area contributed by atoms with Crippen LogP contribution in [0.5, 0.6) is 5.75 Å². The number of hydrogen-bond acceptors (Lipinski definition) is 5. The molecule has 8 heteroatoms. The third-order valence-electron chi connectivity index (χ3n) is 4.85. The summed E-state index contributed by atoms with van der Waals surface area (Å²) in [4.78, 5) is 14.2. The van der Waals surface area contributed by atoms with Gasteiger partial charge in [-0.05, 0) is 61.9 Å². The Morgan fingerprint density at radius 1 is 1.17 bits per heavy atom. The third-order valence-corrected chi connectivity index (χ3v) is 5.70. The lowest BCUT2D eigenvalue weighted by molar-refractivity contribution is -0.143. The number of carbonyl (C=O) groups is 1. The maximum atomic E-state index is 12.7. The monoisotopic (exact) mass is 439 g/mol. The first-order valence-electron chi connectivity index (χ1n) is 9.84. The molecule has 162 valence electrons. The van der Waals surface area contributed by atoms with Crippen molar-refractivity contribution in [2.75, 3.05) is 18.1 Å². The molecule has 0 spiro atoms. The van der Waals surface area contributed by atoms with Crippen molar-refractivity contribution in [2.45, 2.75) is 49.2 Å². The highest BCUT2D eigenvalue weighted by atomic mass is 32.2. The van der Waals surface area contributed by atoms with Crippen LogP contribution in [0, 0.1) is 0 Å². The van der Waals surface area contributed by atoms with E-state index in [-0.39, 0.29) is 35.3 Å². The number of alkyl halides is 3. The molecule has 1 aliphatic rings. The first-order chi connectivity index (χ1) is 14.4. The number of thioether (sulfide) groups is 1. The number of rotatable bonds is 8. The number of anilines is 1. The minimum atomic E-state index is -4.34. The van der Waals surface area contributed by atoms with Crippen LogP contribution in [0.3, 0.4) is 0 Å². The van der Waals surface area contributed by atoms with E-state index in [0.717, 1.165) is 25.1 Å². The number of nitrogens with zero attached hydrogens (tertiary/aromatic N) is 1. The van der Waals surface area contributed by atoms with Crippen LogP contribution < -0.4 is 9.64 Å². The first kappa shape index (κ1) is 22.3. The van der Waals surface area contributed by atoms with Gasteiger partial charge in [-0.3, -0.25) is 4.79 Å². The molecule has 0 unspecified atom stereocenters. The van der Waals surface area contributed by atoms with E-state index in [1.807, 2.05) is 12.1 Å². The highest BCUT2D eigenvalue weighted by Crippen LogP contribution is 2.38. The summed E-state index contributed by atoms with van der Waals surface area (Å²) in [6.45, 7) is 3.09. The second kappa shape index (κ2) is 10.1. The van der Waals surface area contributed by atoms with Gasteiger partial charge >= 0.3 is 11.5 Å². The largest absolute Gasteiger partial charge is 0.489 e. The molecule has 3 rings (SSSR count). The van der Waals surface area contributed by atoms with Crippen molar-refractivity contribution in [3.05, 3.63) is 54.1 Å². The average Bonchev–Trinajstić information content (AvgIpc) is 3.15. The van der Waals surface area contributed by atoms with Crippen molar-refractivity contribution in [2.24, 2.45) is 0 Å². The fraction of sp³-hybridized carbons (Fsp3) is 0.409. The van der Waals surface area contributed by atoms with Gasteiger partial charge in [-0.25, -0.2) is 0 Å². The Bertz CT molecular complexity index is 842. The Balaban J connectivity index is 1.61. The van der Waals surface area contributed by atoms with Gasteiger partial charge in [0.05, 0.1) is 13.0 Å². The molecule has 1 saturated heterocycles. The van der Waals surface area contributed by atoms with E-state index in [2.05, 4.69) is 4.90 Å². The second-order valence-corrected chi connectivity index (χ2v) is 8.04. The lowest BCUT2D eigenvalue weighted by Gasteiger charge is -2.26. The van der Waals surface area contributed by atoms with Crippen LogP contribution in [-0.4, -0.2) is 30.7 Å². The van der Waals surface area contributed by atoms with Gasteiger partial charge < -0.3 is 14.4 Å². The Hall–Kier alpha value is -2.35. The smallest absolute Gasteiger partial charge is 0.446 e. The maximum absolute atomic E-state index is 12.7. The third kappa shape index (κ3) is 6.32. The van der Waals surface area contributed by atoms with Crippen molar-refractivity contribution in [1.82, 2.24) is 0 Å². The van der Waals surface area contributed by atoms with Crippen LogP contribution in [0.15, 0.2) is 53.4 Å². The molecule has 2 aromatic carbocycles. The fourth-order valence-electron chi connectivity index (χ4n) is 3.54. The van der Waals surface area contributed by atoms with Crippen molar-refractivity contribution in [1.29, 1.82) is 0 Å². The Morgan fingerprint density at radius 3 is 2.60 bits per heavy atom. The van der Waals surface area contributed by atoms with Crippen molar-refractivity contribution in [3.63, 3.8) is 0 Å². The van der Waals surface area contributed by atoms with E-state index < -0.39 is 5.51 Å². The Morgan fingerprint density at radius 2 is 1.90 bits per heavy atom. The van der Waals surface area contributed by atoms with Crippen LogP contribution in [0.4, 0.5) is 18.9 Å². The summed E-state index contributed by atoms with van der Waals surface area (Å²) in [7, 11) is 0. The average molecular weight is 439 g/mol. The molecule has 30 heavy (non-hydrogen) atoms. The van der Waals surface area contributed by atoms with E-state index in [1.54, 1.807) is 37.3 Å². The predicted octanol–water partition coefficient (Wildman–Crippen LogP) is 5.80. The molecule has 1 fully saturated rings. The SMILES string of the molecule is CCOC(=O)C[C@@H]1CCCN1c1ccc(OCc2ccccc2SC(F)(F)F)cc1. The minimum Gasteiger partial charge on any atom is -0.489 e. The number of benzene rings is 2. The molecule has 2 aromatic rings. The van der Waals surface area contributed by atoms with Crippen molar-refractivity contribution < 1.29 is 27.4 Å². The summed E-state index contributed by atoms with van der Waals surface area (Å²) < 4.78 is 48.9. The number of esters is 1. The molecule has 1 heterocycles. The summed E-state index contributed by atoms with van der Waals surface area (Å²) >= 11 is -0.134. The number of carbonyl (C=O) groups excluding carboxylic acids is 1. The molecule has 0 amide bonds. The van der Waals surface area contributed by atoms with Gasteiger partial charge in [0.15, 0.2) is 0 Å². The summed E-state index contributed by atoms with van der Waals surface area (Å²) in [5, 5.41) is 0. The van der Waals surface area contributed by atoms with Gasteiger partial charge in [-0.15, -0.1) is 0 Å². The quantitative estimate of drug-likeness (QED) is 0.384. The Labute approximate surface area is 178 Å². The van der Waals surface area contributed by atoms with E-state index in [0.29, 0.717) is 24.3 Å². The normalized spacial score (nSPS) is 16.5. The summed E-state index contributed by atoms with van der Waals surface area (Å²) in [5.41, 5.74) is -2.87.